The van der Waals surface area contributed by atoms with E-state index in [1.165, 1.54) is 0 Å². The van der Waals surface area contributed by atoms with Gasteiger partial charge in [0.05, 0.1) is 16.4 Å². The predicted molar refractivity (Wildman–Crippen MR) is 90.4 cm³/mol. The quantitative estimate of drug-likeness (QED) is 0.770. The van der Waals surface area contributed by atoms with Crippen LogP contribution in [0.4, 0.5) is 11.5 Å². The number of nitrogens with one attached hydrogen (secondary N) is 1. The van der Waals surface area contributed by atoms with Crippen LogP contribution in [0, 0.1) is 0 Å². The minimum atomic E-state index is -0.303. The molecule has 1 amide bonds. The van der Waals surface area contributed by atoms with Crippen LogP contribution in [-0.2, 0) is 0 Å². The highest BCUT2D eigenvalue weighted by atomic mass is 79.9. The summed E-state index contributed by atoms with van der Waals surface area (Å²) in [6.45, 7) is 0. The summed E-state index contributed by atoms with van der Waals surface area (Å²) < 4.78 is 6.43. The second-order valence-corrected chi connectivity index (χ2v) is 5.88. The van der Waals surface area contributed by atoms with Gasteiger partial charge in [-0.1, -0.05) is 12.1 Å². The van der Waals surface area contributed by atoms with E-state index in [1.807, 2.05) is 43.3 Å². The van der Waals surface area contributed by atoms with Crippen molar-refractivity contribution < 1.29 is 9.21 Å². The van der Waals surface area contributed by atoms with Crippen molar-refractivity contribution >= 4 is 44.3 Å². The van der Waals surface area contributed by atoms with Gasteiger partial charge in [0, 0.05) is 19.5 Å². The SMILES string of the molecule is CN(C)c1ccc(NC(=O)c2cc3cccc(Br)c3o2)cn1. The summed E-state index contributed by atoms with van der Waals surface area (Å²) in [6.07, 6.45) is 1.62. The number of aromatic nitrogens is 1. The number of rotatable bonds is 3. The summed E-state index contributed by atoms with van der Waals surface area (Å²) in [6, 6.07) is 11.0. The van der Waals surface area contributed by atoms with E-state index in [4.69, 9.17) is 4.42 Å². The number of amides is 1. The van der Waals surface area contributed by atoms with Gasteiger partial charge in [-0.3, -0.25) is 4.79 Å². The number of hydrogen-bond acceptors (Lipinski definition) is 4. The van der Waals surface area contributed by atoms with E-state index in [-0.39, 0.29) is 11.7 Å². The van der Waals surface area contributed by atoms with Crippen molar-refractivity contribution in [2.24, 2.45) is 0 Å². The van der Waals surface area contributed by atoms with Gasteiger partial charge in [0.25, 0.3) is 5.91 Å². The normalized spacial score (nSPS) is 10.7. The highest BCUT2D eigenvalue weighted by Crippen LogP contribution is 2.27. The van der Waals surface area contributed by atoms with Gasteiger partial charge in [-0.2, -0.15) is 0 Å². The molecule has 0 saturated carbocycles. The Morgan fingerprint density at radius 1 is 1.27 bits per heavy atom. The number of carbonyl (C=O) groups is 1. The molecule has 6 heteroatoms. The molecule has 1 N–H and O–H groups in total. The topological polar surface area (TPSA) is 58.4 Å². The molecule has 0 unspecified atom stereocenters. The Hall–Kier alpha value is -2.34. The van der Waals surface area contributed by atoms with E-state index in [0.29, 0.717) is 11.3 Å². The lowest BCUT2D eigenvalue weighted by molar-refractivity contribution is 0.0998. The summed E-state index contributed by atoms with van der Waals surface area (Å²) in [5.41, 5.74) is 1.28. The van der Waals surface area contributed by atoms with Crippen LogP contribution in [0.2, 0.25) is 0 Å². The lowest BCUT2D eigenvalue weighted by Crippen LogP contribution is -2.13. The van der Waals surface area contributed by atoms with Gasteiger partial charge in [0.1, 0.15) is 11.4 Å². The second kappa shape index (κ2) is 5.81. The fourth-order valence-corrected chi connectivity index (χ4v) is 2.52. The lowest BCUT2D eigenvalue weighted by atomic mass is 10.2. The molecule has 0 radical (unpaired) electrons. The third-order valence-electron chi connectivity index (χ3n) is 3.18. The average molecular weight is 360 g/mol. The number of fused-ring (bicyclic) bond motifs is 1. The van der Waals surface area contributed by atoms with Crippen molar-refractivity contribution in [3.8, 4) is 0 Å². The average Bonchev–Trinajstić information content (AvgIpc) is 2.93. The maximum Gasteiger partial charge on any atom is 0.291 e. The summed E-state index contributed by atoms with van der Waals surface area (Å²) in [5, 5.41) is 3.65. The number of nitrogens with zero attached hydrogens (tertiary/aromatic N) is 2. The molecular weight excluding hydrogens is 346 g/mol. The van der Waals surface area contributed by atoms with Gasteiger partial charge in [0.2, 0.25) is 0 Å². The number of anilines is 2. The number of para-hydroxylation sites is 1. The largest absolute Gasteiger partial charge is 0.450 e. The predicted octanol–water partition coefficient (Wildman–Crippen LogP) is 3.91. The van der Waals surface area contributed by atoms with Gasteiger partial charge in [-0.05, 0) is 40.2 Å². The third-order valence-corrected chi connectivity index (χ3v) is 3.81. The second-order valence-electron chi connectivity index (χ2n) is 5.02. The van der Waals surface area contributed by atoms with Gasteiger partial charge in [0.15, 0.2) is 5.76 Å². The summed E-state index contributed by atoms with van der Waals surface area (Å²) in [5.74, 6) is 0.784. The Labute approximate surface area is 136 Å². The van der Waals surface area contributed by atoms with Gasteiger partial charge in [-0.25, -0.2) is 4.98 Å². The minimum absolute atomic E-state index is 0.263. The van der Waals surface area contributed by atoms with E-state index >= 15 is 0 Å². The molecule has 0 atom stereocenters. The van der Waals surface area contributed by atoms with Crippen LogP contribution in [0.3, 0.4) is 0 Å². The summed E-state index contributed by atoms with van der Waals surface area (Å²) >= 11 is 3.41. The van der Waals surface area contributed by atoms with Crippen molar-refractivity contribution in [2.75, 3.05) is 24.3 Å². The first-order chi connectivity index (χ1) is 10.5. The molecule has 0 spiro atoms. The molecule has 0 bridgehead atoms. The number of hydrogen-bond donors (Lipinski definition) is 1. The zero-order valence-electron chi connectivity index (χ0n) is 12.1. The van der Waals surface area contributed by atoms with E-state index < -0.39 is 0 Å². The highest BCUT2D eigenvalue weighted by molar-refractivity contribution is 9.10. The van der Waals surface area contributed by atoms with Crippen LogP contribution in [-0.4, -0.2) is 25.0 Å². The maximum absolute atomic E-state index is 12.3. The van der Waals surface area contributed by atoms with E-state index in [0.717, 1.165) is 15.7 Å². The molecule has 112 valence electrons. The van der Waals surface area contributed by atoms with E-state index in [2.05, 4.69) is 26.2 Å². The summed E-state index contributed by atoms with van der Waals surface area (Å²) in [4.78, 5) is 18.4. The minimum Gasteiger partial charge on any atom is -0.450 e. The molecule has 0 saturated heterocycles. The van der Waals surface area contributed by atoms with Crippen molar-refractivity contribution in [3.05, 3.63) is 52.8 Å². The zero-order chi connectivity index (χ0) is 15.7. The van der Waals surface area contributed by atoms with Gasteiger partial charge in [-0.15, -0.1) is 0 Å². The third kappa shape index (κ3) is 2.82. The molecule has 0 aliphatic rings. The number of benzene rings is 1. The Balaban J connectivity index is 1.82. The fourth-order valence-electron chi connectivity index (χ4n) is 2.06. The van der Waals surface area contributed by atoms with Crippen molar-refractivity contribution in [2.45, 2.75) is 0 Å². The van der Waals surface area contributed by atoms with Gasteiger partial charge < -0.3 is 14.6 Å². The zero-order valence-corrected chi connectivity index (χ0v) is 13.7. The molecule has 2 aromatic heterocycles. The van der Waals surface area contributed by atoms with Crippen LogP contribution < -0.4 is 10.2 Å². The first kappa shape index (κ1) is 14.6. The molecule has 5 nitrogen and oxygen atoms in total. The Morgan fingerprint density at radius 3 is 2.73 bits per heavy atom. The fraction of sp³-hybridized carbons (Fsp3) is 0.125. The first-order valence-electron chi connectivity index (χ1n) is 6.67. The Morgan fingerprint density at radius 2 is 2.09 bits per heavy atom. The molecule has 3 aromatic rings. The van der Waals surface area contributed by atoms with Crippen LogP contribution in [0.15, 0.2) is 51.5 Å². The van der Waals surface area contributed by atoms with Crippen molar-refractivity contribution in [1.82, 2.24) is 4.98 Å². The monoisotopic (exact) mass is 359 g/mol. The molecule has 0 aliphatic heterocycles. The number of furan rings is 1. The van der Waals surface area contributed by atoms with E-state index in [1.54, 1.807) is 18.3 Å². The van der Waals surface area contributed by atoms with Crippen LogP contribution >= 0.6 is 15.9 Å². The molecule has 3 rings (SSSR count). The Kier molecular flexibility index (Phi) is 3.85. The first-order valence-corrected chi connectivity index (χ1v) is 7.46. The molecule has 2 heterocycles. The van der Waals surface area contributed by atoms with Crippen LogP contribution in [0.5, 0.6) is 0 Å². The van der Waals surface area contributed by atoms with Crippen LogP contribution in [0.25, 0.3) is 11.0 Å². The standard InChI is InChI=1S/C16H14BrN3O2/c1-20(2)14-7-6-11(9-18-14)19-16(21)13-8-10-4-3-5-12(17)15(10)22-13/h3-9H,1-2H3,(H,19,21). The maximum atomic E-state index is 12.3. The summed E-state index contributed by atoms with van der Waals surface area (Å²) in [7, 11) is 3.82. The van der Waals surface area contributed by atoms with Crippen LogP contribution in [0.1, 0.15) is 10.6 Å². The molecular formula is C16H14BrN3O2. The smallest absolute Gasteiger partial charge is 0.291 e. The number of pyridine rings is 1. The molecule has 1 aromatic carbocycles. The lowest BCUT2D eigenvalue weighted by Gasteiger charge is -2.11. The number of carbonyl (C=O) groups excluding carboxylic acids is 1. The van der Waals surface area contributed by atoms with E-state index in [9.17, 15) is 4.79 Å². The van der Waals surface area contributed by atoms with Crippen molar-refractivity contribution in [3.63, 3.8) is 0 Å². The molecule has 0 aliphatic carbocycles. The Bertz CT molecular complexity index is 825. The molecule has 0 fully saturated rings. The van der Waals surface area contributed by atoms with Gasteiger partial charge >= 0.3 is 0 Å². The molecule has 22 heavy (non-hydrogen) atoms. The number of halogens is 1. The highest BCUT2D eigenvalue weighted by Gasteiger charge is 2.14. The van der Waals surface area contributed by atoms with Crippen molar-refractivity contribution in [1.29, 1.82) is 0 Å².